The number of phenolic OH excluding ortho intramolecular Hbond substituents is 1. The van der Waals surface area contributed by atoms with Crippen LogP contribution < -0.4 is 10.2 Å². The van der Waals surface area contributed by atoms with Crippen LogP contribution in [0.15, 0.2) is 24.4 Å². The van der Waals surface area contributed by atoms with E-state index in [1.807, 2.05) is 0 Å². The standard InChI is InChI=1S/C21H33N3O2/c1-15-11-23(12-16(2)26-15)13-17-9-18(24-8-6-7-22-14-24)10-19(20(17)25)21(3,4)5/h6,8-10,15-16,22,25H,7,11-14H2,1-5H3. The predicted molar refractivity (Wildman–Crippen MR) is 107 cm³/mol. The normalized spacial score (nSPS) is 24.9. The summed E-state index contributed by atoms with van der Waals surface area (Å²) in [6.07, 6.45) is 4.69. The number of phenols is 1. The van der Waals surface area contributed by atoms with E-state index < -0.39 is 0 Å². The molecule has 2 heterocycles. The van der Waals surface area contributed by atoms with Gasteiger partial charge in [-0.3, -0.25) is 10.2 Å². The maximum absolute atomic E-state index is 11.0. The molecule has 0 amide bonds. The molecule has 2 aliphatic rings. The quantitative estimate of drug-likeness (QED) is 0.868. The largest absolute Gasteiger partial charge is 0.507 e. The number of benzene rings is 1. The van der Waals surface area contributed by atoms with E-state index >= 15 is 0 Å². The third kappa shape index (κ3) is 4.40. The van der Waals surface area contributed by atoms with Gasteiger partial charge in [-0.1, -0.05) is 26.8 Å². The van der Waals surface area contributed by atoms with Crippen molar-refractivity contribution in [1.29, 1.82) is 0 Å². The van der Waals surface area contributed by atoms with Gasteiger partial charge in [0.15, 0.2) is 0 Å². The predicted octanol–water partition coefficient (Wildman–Crippen LogP) is 3.18. The van der Waals surface area contributed by atoms with Gasteiger partial charge < -0.3 is 14.7 Å². The minimum atomic E-state index is -0.118. The summed E-state index contributed by atoms with van der Waals surface area (Å²) >= 11 is 0. The zero-order chi connectivity index (χ0) is 18.9. The lowest BCUT2D eigenvalue weighted by Crippen LogP contribution is -2.44. The van der Waals surface area contributed by atoms with Gasteiger partial charge in [-0.2, -0.15) is 0 Å². The molecule has 2 atom stereocenters. The number of aromatic hydroxyl groups is 1. The fourth-order valence-electron chi connectivity index (χ4n) is 3.87. The molecule has 26 heavy (non-hydrogen) atoms. The Morgan fingerprint density at radius 3 is 2.46 bits per heavy atom. The highest BCUT2D eigenvalue weighted by atomic mass is 16.5. The van der Waals surface area contributed by atoms with E-state index in [0.29, 0.717) is 5.75 Å². The van der Waals surface area contributed by atoms with Gasteiger partial charge in [0.25, 0.3) is 0 Å². The molecule has 0 aliphatic carbocycles. The van der Waals surface area contributed by atoms with Gasteiger partial charge in [-0.25, -0.2) is 0 Å². The smallest absolute Gasteiger partial charge is 0.123 e. The highest BCUT2D eigenvalue weighted by Gasteiger charge is 2.26. The van der Waals surface area contributed by atoms with Crippen LogP contribution in [-0.4, -0.2) is 48.5 Å². The summed E-state index contributed by atoms with van der Waals surface area (Å²) in [6, 6.07) is 4.26. The van der Waals surface area contributed by atoms with Gasteiger partial charge in [0.1, 0.15) is 5.75 Å². The molecule has 1 aromatic rings. The van der Waals surface area contributed by atoms with E-state index in [9.17, 15) is 5.11 Å². The van der Waals surface area contributed by atoms with E-state index in [4.69, 9.17) is 4.74 Å². The Balaban J connectivity index is 1.94. The third-order valence-corrected chi connectivity index (χ3v) is 5.03. The summed E-state index contributed by atoms with van der Waals surface area (Å²) in [5.74, 6) is 0.432. The van der Waals surface area contributed by atoms with E-state index in [1.165, 1.54) is 0 Å². The van der Waals surface area contributed by atoms with Gasteiger partial charge in [0.2, 0.25) is 0 Å². The first-order valence-electron chi connectivity index (χ1n) is 9.62. The number of hydrogen-bond donors (Lipinski definition) is 2. The van der Waals surface area contributed by atoms with E-state index in [2.05, 4.69) is 74.1 Å². The molecular formula is C21H33N3O2. The van der Waals surface area contributed by atoms with Gasteiger partial charge >= 0.3 is 0 Å². The molecule has 2 aliphatic heterocycles. The molecule has 1 saturated heterocycles. The van der Waals surface area contributed by atoms with Crippen molar-refractivity contribution in [3.8, 4) is 5.75 Å². The molecular weight excluding hydrogens is 326 g/mol. The van der Waals surface area contributed by atoms with Crippen molar-refractivity contribution in [2.24, 2.45) is 0 Å². The molecule has 2 unspecified atom stereocenters. The molecule has 1 aromatic carbocycles. The third-order valence-electron chi connectivity index (χ3n) is 5.03. The Kier molecular flexibility index (Phi) is 5.61. The Labute approximate surface area is 157 Å². The van der Waals surface area contributed by atoms with Crippen molar-refractivity contribution in [2.45, 2.75) is 58.8 Å². The Morgan fingerprint density at radius 1 is 1.19 bits per heavy atom. The number of nitrogens with zero attached hydrogens (tertiary/aromatic N) is 2. The van der Waals surface area contributed by atoms with Gasteiger partial charge in [-0.15, -0.1) is 0 Å². The molecule has 0 spiro atoms. The maximum Gasteiger partial charge on any atom is 0.123 e. The van der Waals surface area contributed by atoms with E-state index in [0.717, 1.165) is 49.7 Å². The highest BCUT2D eigenvalue weighted by molar-refractivity contribution is 5.60. The lowest BCUT2D eigenvalue weighted by molar-refractivity contribution is -0.0706. The van der Waals surface area contributed by atoms with E-state index in [1.54, 1.807) is 0 Å². The van der Waals surface area contributed by atoms with Crippen LogP contribution in [0.2, 0.25) is 0 Å². The van der Waals surface area contributed by atoms with Crippen LogP contribution in [0.5, 0.6) is 5.75 Å². The van der Waals surface area contributed by atoms with Crippen molar-refractivity contribution < 1.29 is 9.84 Å². The topological polar surface area (TPSA) is 48.0 Å². The summed E-state index contributed by atoms with van der Waals surface area (Å²) in [5.41, 5.74) is 3.00. The van der Waals surface area contributed by atoms with Crippen LogP contribution in [0, 0.1) is 0 Å². The molecule has 144 valence electrons. The monoisotopic (exact) mass is 359 g/mol. The first-order chi connectivity index (χ1) is 12.2. The number of rotatable bonds is 3. The van der Waals surface area contributed by atoms with Crippen LogP contribution in [-0.2, 0) is 16.7 Å². The second-order valence-electron chi connectivity index (χ2n) is 8.67. The summed E-state index contributed by atoms with van der Waals surface area (Å²) in [5, 5.41) is 14.4. The number of hydrogen-bond acceptors (Lipinski definition) is 5. The second-order valence-corrected chi connectivity index (χ2v) is 8.67. The van der Waals surface area contributed by atoms with Crippen molar-refractivity contribution >= 4 is 5.69 Å². The number of morpholine rings is 1. The Hall–Kier alpha value is -1.56. The molecule has 0 bridgehead atoms. The minimum Gasteiger partial charge on any atom is -0.507 e. The molecule has 0 aromatic heterocycles. The van der Waals surface area contributed by atoms with Gasteiger partial charge in [0, 0.05) is 49.2 Å². The molecule has 1 fully saturated rings. The summed E-state index contributed by atoms with van der Waals surface area (Å²) in [4.78, 5) is 4.58. The summed E-state index contributed by atoms with van der Waals surface area (Å²) in [7, 11) is 0. The lowest BCUT2D eigenvalue weighted by Gasteiger charge is -2.36. The zero-order valence-corrected chi connectivity index (χ0v) is 16.7. The lowest BCUT2D eigenvalue weighted by atomic mass is 9.84. The Bertz CT molecular complexity index is 656. The van der Waals surface area contributed by atoms with Crippen LogP contribution in [0.1, 0.15) is 45.7 Å². The average Bonchev–Trinajstić information content (AvgIpc) is 2.55. The van der Waals surface area contributed by atoms with Crippen molar-refractivity contribution in [1.82, 2.24) is 10.2 Å². The van der Waals surface area contributed by atoms with Crippen LogP contribution >= 0.6 is 0 Å². The fraction of sp³-hybridized carbons (Fsp3) is 0.619. The van der Waals surface area contributed by atoms with E-state index in [-0.39, 0.29) is 17.6 Å². The maximum atomic E-state index is 11.0. The van der Waals surface area contributed by atoms with Gasteiger partial charge in [0.05, 0.1) is 18.9 Å². The van der Waals surface area contributed by atoms with Crippen molar-refractivity contribution in [3.05, 3.63) is 35.5 Å². The SMILES string of the molecule is CC1CN(Cc2cc(N3C=CCNC3)cc(C(C)(C)C)c2O)CC(C)O1. The van der Waals surface area contributed by atoms with Crippen LogP contribution in [0.25, 0.3) is 0 Å². The first kappa shape index (κ1) is 19.2. The van der Waals surface area contributed by atoms with Crippen molar-refractivity contribution in [2.75, 3.05) is 31.2 Å². The first-order valence-corrected chi connectivity index (χ1v) is 9.62. The number of anilines is 1. The molecule has 3 rings (SSSR count). The summed E-state index contributed by atoms with van der Waals surface area (Å²) < 4.78 is 5.85. The minimum absolute atomic E-state index is 0.118. The average molecular weight is 360 g/mol. The Morgan fingerprint density at radius 2 is 1.88 bits per heavy atom. The summed E-state index contributed by atoms with van der Waals surface area (Å²) in [6.45, 7) is 14.9. The molecule has 5 nitrogen and oxygen atoms in total. The second kappa shape index (κ2) is 7.59. The van der Waals surface area contributed by atoms with Gasteiger partial charge in [-0.05, 0) is 31.4 Å². The molecule has 0 saturated carbocycles. The van der Waals surface area contributed by atoms with Crippen LogP contribution in [0.4, 0.5) is 5.69 Å². The number of ether oxygens (including phenoxy) is 1. The fourth-order valence-corrected chi connectivity index (χ4v) is 3.87. The number of nitrogens with one attached hydrogen (secondary N) is 1. The van der Waals surface area contributed by atoms with Crippen molar-refractivity contribution in [3.63, 3.8) is 0 Å². The molecule has 5 heteroatoms. The zero-order valence-electron chi connectivity index (χ0n) is 16.7. The molecule has 0 radical (unpaired) electrons. The highest BCUT2D eigenvalue weighted by Crippen LogP contribution is 2.38. The van der Waals surface area contributed by atoms with Crippen LogP contribution in [0.3, 0.4) is 0 Å². The molecule has 2 N–H and O–H groups in total.